The normalized spacial score (nSPS) is 16.4. The van der Waals surface area contributed by atoms with E-state index in [0.717, 1.165) is 188 Å². The highest BCUT2D eigenvalue weighted by Crippen LogP contribution is 2.48. The number of fused-ring (bicyclic) bond motifs is 6. The molecule has 1 unspecified atom stereocenters. The van der Waals surface area contributed by atoms with Gasteiger partial charge in [0.1, 0.15) is 52.8 Å². The first-order valence-electron chi connectivity index (χ1n) is 35.0. The second-order valence-corrected chi connectivity index (χ2v) is 31.1. The van der Waals surface area contributed by atoms with Crippen LogP contribution in [0.3, 0.4) is 0 Å². The number of ether oxygens (including phenoxy) is 3. The van der Waals surface area contributed by atoms with E-state index in [1.165, 1.54) is 19.0 Å². The Morgan fingerprint density at radius 3 is 0.971 bits per heavy atom. The lowest BCUT2D eigenvalue weighted by molar-refractivity contribution is -0.125. The summed E-state index contributed by atoms with van der Waals surface area (Å²) in [5.74, 6) is 4.61. The molecule has 12 aromatic rings. The van der Waals surface area contributed by atoms with Crippen LogP contribution in [0.25, 0.3) is 78.1 Å². The standard InChI is InChI=1S/3C26H30N6O2S/c3*1-16-10-18-12-22(35-25(18)21(11-16)34-4)19-13-20(32-24(19)26(27)28-15-29-32)17-7-9-31(14-17)23(33)6-5-8-30(2)3/h3*5-6,10-13,15,17H,7-9,14H2,1-4H3,(H2,27,28,29)/b3*6-5+/t2*17-;/m10./s1. The number of amides is 3. The maximum Gasteiger partial charge on any atom is 0.246 e. The monoisotopic (exact) mass is 1470 g/mol. The first-order valence-corrected chi connectivity index (χ1v) is 37.4. The third-order valence-electron chi connectivity index (χ3n) is 19.4. The SMILES string of the molecule is COc1cc(C)cc2cc(-c3cc(C4CCN(C(=O)/C=C/CN(C)C)C4)n4ncnc(N)c34)sc12.COc1cc(C)cc2cc(-c3cc([C@@H]4CCN(C(=O)/C=C/CN(C)C)C4)n4ncnc(N)c34)sc12.COc1cc(C)cc2cc(-c3cc([C@H]4CCN(C(=O)/C=C/CN(C)C)C4)n4ncnc(N)c34)sc12. The molecule has 9 aromatic heterocycles. The second kappa shape index (κ2) is 31.2. The maximum atomic E-state index is 12.7. The Labute approximate surface area is 622 Å². The molecule has 0 radical (unpaired) electrons. The summed E-state index contributed by atoms with van der Waals surface area (Å²) >= 11 is 5.04. The number of benzene rings is 3. The molecule has 27 heteroatoms. The Hall–Kier alpha value is -10.3. The van der Waals surface area contributed by atoms with Gasteiger partial charge in [-0.15, -0.1) is 34.0 Å². The summed E-state index contributed by atoms with van der Waals surface area (Å²) in [6, 6.07) is 25.7. The summed E-state index contributed by atoms with van der Waals surface area (Å²) in [6.07, 6.45) is 17.9. The van der Waals surface area contributed by atoms with Crippen molar-refractivity contribution in [3.05, 3.63) is 162 Å². The van der Waals surface area contributed by atoms with Crippen molar-refractivity contribution in [1.29, 1.82) is 0 Å². The van der Waals surface area contributed by atoms with Crippen LogP contribution >= 0.6 is 34.0 Å². The molecule has 3 aromatic carbocycles. The topological polar surface area (TPSA) is 267 Å². The Morgan fingerprint density at radius 1 is 0.438 bits per heavy atom. The summed E-state index contributed by atoms with van der Waals surface area (Å²) in [6.45, 7) is 12.6. The van der Waals surface area contributed by atoms with E-state index in [1.54, 1.807) is 73.6 Å². The number of nitrogens with two attached hydrogens (primary N) is 3. The van der Waals surface area contributed by atoms with E-state index in [2.05, 4.69) is 124 Å². The molecule has 3 aliphatic rings. The molecule has 3 atom stereocenters. The third kappa shape index (κ3) is 15.3. The van der Waals surface area contributed by atoms with Crippen molar-refractivity contribution in [3.8, 4) is 48.6 Å². The number of anilines is 3. The lowest BCUT2D eigenvalue weighted by Gasteiger charge is -2.14. The third-order valence-corrected chi connectivity index (χ3v) is 23.0. The fourth-order valence-electron chi connectivity index (χ4n) is 14.4. The van der Waals surface area contributed by atoms with E-state index >= 15 is 0 Å². The van der Waals surface area contributed by atoms with Crippen molar-refractivity contribution in [1.82, 2.24) is 73.2 Å². The number of hydrogen-bond acceptors (Lipinski definition) is 21. The van der Waals surface area contributed by atoms with Gasteiger partial charge in [-0.2, -0.15) is 15.3 Å². The van der Waals surface area contributed by atoms with Gasteiger partial charge in [-0.3, -0.25) is 14.4 Å². The fourth-order valence-corrected chi connectivity index (χ4v) is 17.8. The quantitative estimate of drug-likeness (QED) is 0.0674. The largest absolute Gasteiger partial charge is 0.495 e. The van der Waals surface area contributed by atoms with Crippen molar-refractivity contribution in [2.45, 2.75) is 57.8 Å². The number of hydrogen-bond donors (Lipinski definition) is 3. The molecule has 24 nitrogen and oxygen atoms in total. The Bertz CT molecular complexity index is 4830. The summed E-state index contributed by atoms with van der Waals surface area (Å²) in [5, 5.41) is 17.1. The van der Waals surface area contributed by atoms with Gasteiger partial charge in [-0.05, 0) is 170 Å². The van der Waals surface area contributed by atoms with E-state index in [9.17, 15) is 14.4 Å². The number of methoxy groups -OCH3 is 3. The second-order valence-electron chi connectivity index (χ2n) is 28.0. The van der Waals surface area contributed by atoms with Gasteiger partial charge in [0.05, 0.1) is 35.4 Å². The summed E-state index contributed by atoms with van der Waals surface area (Å²) in [5.41, 5.74) is 31.2. The minimum atomic E-state index is 0.0524. The maximum absolute atomic E-state index is 12.7. The van der Waals surface area contributed by atoms with Crippen LogP contribution in [0.15, 0.2) is 128 Å². The molecule has 0 spiro atoms. The summed E-state index contributed by atoms with van der Waals surface area (Å²) in [4.78, 5) is 66.0. The number of aromatic nitrogens is 9. The average Bonchev–Trinajstić information content (AvgIpc) is 1.61. The number of likely N-dealkylation sites (tertiary alicyclic amines) is 3. The van der Waals surface area contributed by atoms with Gasteiger partial charge in [0, 0.05) is 143 Å². The van der Waals surface area contributed by atoms with Crippen LogP contribution in [0, 0.1) is 20.8 Å². The molecule has 105 heavy (non-hydrogen) atoms. The van der Waals surface area contributed by atoms with Gasteiger partial charge in [-0.1, -0.05) is 36.4 Å². The number of carbonyl (C=O) groups excluding carboxylic acids is 3. The number of nitrogens with zero attached hydrogens (tertiary/aromatic N) is 15. The molecule has 3 amide bonds. The van der Waals surface area contributed by atoms with Gasteiger partial charge in [0.2, 0.25) is 17.7 Å². The minimum absolute atomic E-state index is 0.0524. The first kappa shape index (κ1) is 73.0. The molecule has 546 valence electrons. The number of aryl methyl sites for hydroxylation is 3. The minimum Gasteiger partial charge on any atom is -0.495 e. The van der Waals surface area contributed by atoms with Crippen LogP contribution in [0.2, 0.25) is 0 Å². The van der Waals surface area contributed by atoms with E-state index in [-0.39, 0.29) is 35.5 Å². The zero-order chi connectivity index (χ0) is 74.1. The number of carbonyl (C=O) groups is 3. The Balaban J connectivity index is 0.000000140. The van der Waals surface area contributed by atoms with Gasteiger partial charge in [-0.25, -0.2) is 28.5 Å². The Morgan fingerprint density at radius 2 is 0.714 bits per heavy atom. The molecule has 0 aliphatic carbocycles. The van der Waals surface area contributed by atoms with Gasteiger partial charge in [0.15, 0.2) is 17.5 Å². The van der Waals surface area contributed by atoms with Crippen molar-refractivity contribution in [2.24, 2.45) is 0 Å². The highest BCUT2D eigenvalue weighted by molar-refractivity contribution is 7.23. The highest BCUT2D eigenvalue weighted by Gasteiger charge is 2.34. The van der Waals surface area contributed by atoms with Crippen LogP contribution in [-0.2, 0) is 14.4 Å². The van der Waals surface area contributed by atoms with E-state index in [4.69, 9.17) is 31.4 Å². The number of likely N-dealkylation sites (N-methyl/N-ethyl adjacent to an activating group) is 3. The molecule has 3 saturated heterocycles. The molecular formula is C78H90N18O6S3. The first-order chi connectivity index (χ1) is 50.6. The molecule has 3 aliphatic heterocycles. The molecule has 12 heterocycles. The Kier molecular flexibility index (Phi) is 21.7. The van der Waals surface area contributed by atoms with Crippen LogP contribution in [-0.4, -0.2) is 213 Å². The molecule has 0 bridgehead atoms. The zero-order valence-electron chi connectivity index (χ0n) is 61.5. The van der Waals surface area contributed by atoms with Crippen molar-refractivity contribution in [3.63, 3.8) is 0 Å². The fraction of sp³-hybridized carbons (Fsp3) is 0.346. The van der Waals surface area contributed by atoms with Crippen LogP contribution < -0.4 is 31.4 Å². The summed E-state index contributed by atoms with van der Waals surface area (Å²) < 4.78 is 26.0. The lowest BCUT2D eigenvalue weighted by atomic mass is 10.0. The highest BCUT2D eigenvalue weighted by atomic mass is 32.1. The van der Waals surface area contributed by atoms with Crippen LogP contribution in [0.1, 0.15) is 70.8 Å². The van der Waals surface area contributed by atoms with Crippen molar-refractivity contribution in [2.75, 3.05) is 140 Å². The molecule has 6 N–H and O–H groups in total. The number of rotatable bonds is 18. The molecule has 15 rings (SSSR count). The average molecular weight is 1470 g/mol. The number of thiophene rings is 3. The number of nitrogen functional groups attached to an aromatic ring is 3. The van der Waals surface area contributed by atoms with Gasteiger partial charge >= 0.3 is 0 Å². The van der Waals surface area contributed by atoms with Crippen LogP contribution in [0.5, 0.6) is 17.2 Å². The van der Waals surface area contributed by atoms with E-state index < -0.39 is 0 Å². The van der Waals surface area contributed by atoms with Crippen LogP contribution in [0.4, 0.5) is 17.5 Å². The van der Waals surface area contributed by atoms with E-state index in [0.29, 0.717) is 37.1 Å². The predicted octanol–water partition coefficient (Wildman–Crippen LogP) is 11.8. The van der Waals surface area contributed by atoms with Gasteiger partial charge in [0.25, 0.3) is 0 Å². The van der Waals surface area contributed by atoms with Gasteiger partial charge < -0.3 is 60.8 Å². The zero-order valence-corrected chi connectivity index (χ0v) is 63.9. The molecular weight excluding hydrogens is 1380 g/mol. The predicted molar refractivity (Wildman–Crippen MR) is 423 cm³/mol. The molecule has 3 fully saturated rings. The summed E-state index contributed by atoms with van der Waals surface area (Å²) in [7, 11) is 17.0. The van der Waals surface area contributed by atoms with Crippen molar-refractivity contribution >= 4 is 116 Å². The van der Waals surface area contributed by atoms with Crippen molar-refractivity contribution < 1.29 is 28.6 Å². The van der Waals surface area contributed by atoms with E-state index in [1.807, 2.05) is 103 Å². The molecule has 0 saturated carbocycles. The smallest absolute Gasteiger partial charge is 0.246 e. The lowest BCUT2D eigenvalue weighted by Crippen LogP contribution is -2.27.